The standard InChI is InChI=1S/C9H10O.C6H10O3/c1-2-5-8-6-3-4-7-9(8)10;1-4(2)6(8)9-5(3)7/h2-4,6-7,10H,1,5H2;5,7H,1H2,2-3H3. The zero-order chi connectivity index (χ0) is 14.8. The highest BCUT2D eigenvalue weighted by atomic mass is 16.6. The molecule has 0 radical (unpaired) electrons. The van der Waals surface area contributed by atoms with Gasteiger partial charge < -0.3 is 14.9 Å². The monoisotopic (exact) mass is 264 g/mol. The predicted octanol–water partition coefficient (Wildman–Crippen LogP) is 2.56. The lowest BCUT2D eigenvalue weighted by Crippen LogP contribution is -2.13. The lowest BCUT2D eigenvalue weighted by molar-refractivity contribution is -0.159. The van der Waals surface area contributed by atoms with Crippen LogP contribution in [0.2, 0.25) is 0 Å². The van der Waals surface area contributed by atoms with Crippen LogP contribution in [-0.4, -0.2) is 22.5 Å². The largest absolute Gasteiger partial charge is 0.508 e. The number of esters is 1. The molecule has 19 heavy (non-hydrogen) atoms. The molecule has 1 unspecified atom stereocenters. The summed E-state index contributed by atoms with van der Waals surface area (Å²) in [5.74, 6) is -0.215. The number of para-hydroxylation sites is 1. The van der Waals surface area contributed by atoms with E-state index in [1.165, 1.54) is 13.8 Å². The molecule has 1 atom stereocenters. The Bertz CT molecular complexity index is 436. The second-order valence-corrected chi connectivity index (χ2v) is 3.91. The maximum Gasteiger partial charge on any atom is 0.335 e. The van der Waals surface area contributed by atoms with Gasteiger partial charge >= 0.3 is 5.97 Å². The van der Waals surface area contributed by atoms with E-state index in [0.29, 0.717) is 5.75 Å². The van der Waals surface area contributed by atoms with Gasteiger partial charge in [-0.3, -0.25) is 0 Å². The van der Waals surface area contributed by atoms with Gasteiger partial charge in [0.15, 0.2) is 6.29 Å². The van der Waals surface area contributed by atoms with Crippen LogP contribution in [0.1, 0.15) is 19.4 Å². The normalized spacial score (nSPS) is 10.7. The van der Waals surface area contributed by atoms with E-state index in [2.05, 4.69) is 17.9 Å². The molecule has 0 aliphatic heterocycles. The van der Waals surface area contributed by atoms with Gasteiger partial charge in [-0.25, -0.2) is 4.79 Å². The van der Waals surface area contributed by atoms with Crippen LogP contribution >= 0.6 is 0 Å². The van der Waals surface area contributed by atoms with Gasteiger partial charge in [0.05, 0.1) is 0 Å². The van der Waals surface area contributed by atoms with E-state index in [-0.39, 0.29) is 5.57 Å². The minimum atomic E-state index is -1.05. The molecule has 0 fully saturated rings. The number of hydrogen-bond acceptors (Lipinski definition) is 4. The number of phenolic OH excluding ortho intramolecular Hbond substituents is 1. The van der Waals surface area contributed by atoms with Crippen LogP contribution in [0.25, 0.3) is 0 Å². The highest BCUT2D eigenvalue weighted by Gasteiger charge is 2.04. The van der Waals surface area contributed by atoms with E-state index in [4.69, 9.17) is 5.11 Å². The van der Waals surface area contributed by atoms with Gasteiger partial charge in [0.2, 0.25) is 0 Å². The van der Waals surface area contributed by atoms with Crippen molar-refractivity contribution < 1.29 is 19.7 Å². The molecule has 1 aromatic carbocycles. The molecule has 0 aliphatic carbocycles. The number of allylic oxidation sites excluding steroid dienone is 1. The molecule has 0 amide bonds. The SMILES string of the molecule is C=C(C)C(=O)OC(C)O.C=CCc1ccccc1O. The van der Waals surface area contributed by atoms with Gasteiger partial charge in [-0.1, -0.05) is 30.9 Å². The quantitative estimate of drug-likeness (QED) is 0.379. The van der Waals surface area contributed by atoms with E-state index in [1.807, 2.05) is 18.2 Å². The smallest absolute Gasteiger partial charge is 0.335 e. The molecule has 0 saturated carbocycles. The molecule has 1 rings (SSSR count). The van der Waals surface area contributed by atoms with Gasteiger partial charge in [-0.2, -0.15) is 0 Å². The molecular weight excluding hydrogens is 244 g/mol. The van der Waals surface area contributed by atoms with Crippen molar-refractivity contribution >= 4 is 5.97 Å². The van der Waals surface area contributed by atoms with Gasteiger partial charge in [-0.05, 0) is 31.9 Å². The molecule has 0 saturated heterocycles. The molecule has 4 nitrogen and oxygen atoms in total. The van der Waals surface area contributed by atoms with E-state index in [0.717, 1.165) is 12.0 Å². The van der Waals surface area contributed by atoms with Crippen molar-refractivity contribution in [1.29, 1.82) is 0 Å². The van der Waals surface area contributed by atoms with Crippen molar-refractivity contribution in [3.63, 3.8) is 0 Å². The summed E-state index contributed by atoms with van der Waals surface area (Å²) in [5, 5.41) is 17.7. The Morgan fingerprint density at radius 1 is 1.47 bits per heavy atom. The number of carbonyl (C=O) groups is 1. The maximum atomic E-state index is 10.5. The van der Waals surface area contributed by atoms with Crippen LogP contribution in [0.5, 0.6) is 5.75 Å². The van der Waals surface area contributed by atoms with Crippen molar-refractivity contribution in [3.05, 3.63) is 54.6 Å². The average molecular weight is 264 g/mol. The van der Waals surface area contributed by atoms with E-state index in [1.54, 1.807) is 12.1 Å². The zero-order valence-corrected chi connectivity index (χ0v) is 11.3. The molecule has 0 heterocycles. The second kappa shape index (κ2) is 8.94. The summed E-state index contributed by atoms with van der Waals surface area (Å²) in [6.45, 7) is 9.79. The Labute approximate surface area is 113 Å². The fourth-order valence-electron chi connectivity index (χ4n) is 1.09. The number of aliphatic hydroxyl groups excluding tert-OH is 1. The first-order valence-electron chi connectivity index (χ1n) is 5.80. The van der Waals surface area contributed by atoms with Crippen molar-refractivity contribution in [2.45, 2.75) is 26.6 Å². The first kappa shape index (κ1) is 16.9. The minimum Gasteiger partial charge on any atom is -0.508 e. The first-order chi connectivity index (χ1) is 8.88. The summed E-state index contributed by atoms with van der Waals surface area (Å²) in [6.07, 6.45) is 1.45. The van der Waals surface area contributed by atoms with Crippen molar-refractivity contribution in [1.82, 2.24) is 0 Å². The highest BCUT2D eigenvalue weighted by Crippen LogP contribution is 2.15. The summed E-state index contributed by atoms with van der Waals surface area (Å²) < 4.78 is 4.33. The fraction of sp³-hybridized carbons (Fsp3) is 0.267. The van der Waals surface area contributed by atoms with Gasteiger partial charge in [0.25, 0.3) is 0 Å². The molecular formula is C15H20O4. The average Bonchev–Trinajstić information content (AvgIpc) is 2.32. The Hall–Kier alpha value is -2.07. The molecule has 0 aliphatic rings. The van der Waals surface area contributed by atoms with Crippen LogP contribution in [0.3, 0.4) is 0 Å². The molecule has 1 aromatic rings. The van der Waals surface area contributed by atoms with E-state index < -0.39 is 12.3 Å². The van der Waals surface area contributed by atoms with Crippen molar-refractivity contribution in [2.75, 3.05) is 0 Å². The van der Waals surface area contributed by atoms with Crippen molar-refractivity contribution in [3.8, 4) is 5.75 Å². The first-order valence-corrected chi connectivity index (χ1v) is 5.80. The lowest BCUT2D eigenvalue weighted by Gasteiger charge is -2.04. The van der Waals surface area contributed by atoms with Crippen LogP contribution in [0, 0.1) is 0 Å². The summed E-state index contributed by atoms with van der Waals surface area (Å²) in [7, 11) is 0. The van der Waals surface area contributed by atoms with Gasteiger partial charge in [-0.15, -0.1) is 6.58 Å². The number of rotatable bonds is 4. The summed E-state index contributed by atoms with van der Waals surface area (Å²) in [6, 6.07) is 7.27. The Morgan fingerprint density at radius 3 is 2.42 bits per heavy atom. The molecule has 0 bridgehead atoms. The molecule has 0 aromatic heterocycles. The summed E-state index contributed by atoms with van der Waals surface area (Å²) in [5.41, 5.74) is 1.22. The number of aliphatic hydroxyl groups is 1. The topological polar surface area (TPSA) is 66.8 Å². The van der Waals surface area contributed by atoms with Crippen molar-refractivity contribution in [2.24, 2.45) is 0 Å². The third kappa shape index (κ3) is 7.78. The number of carbonyl (C=O) groups excluding carboxylic acids is 1. The maximum absolute atomic E-state index is 10.5. The van der Waals surface area contributed by atoms with Crippen LogP contribution in [0.15, 0.2) is 49.1 Å². The van der Waals surface area contributed by atoms with Crippen LogP contribution in [-0.2, 0) is 16.0 Å². The summed E-state index contributed by atoms with van der Waals surface area (Å²) >= 11 is 0. The second-order valence-electron chi connectivity index (χ2n) is 3.91. The molecule has 0 spiro atoms. The predicted molar refractivity (Wildman–Crippen MR) is 74.6 cm³/mol. The zero-order valence-electron chi connectivity index (χ0n) is 11.3. The number of phenols is 1. The fourth-order valence-corrected chi connectivity index (χ4v) is 1.09. The minimum absolute atomic E-state index is 0.288. The van der Waals surface area contributed by atoms with E-state index in [9.17, 15) is 9.90 Å². The Balaban J connectivity index is 0.000000344. The van der Waals surface area contributed by atoms with Gasteiger partial charge in [0, 0.05) is 5.57 Å². The number of ether oxygens (including phenoxy) is 1. The third-order valence-electron chi connectivity index (χ3n) is 1.98. The highest BCUT2D eigenvalue weighted by molar-refractivity contribution is 5.86. The van der Waals surface area contributed by atoms with Crippen LogP contribution < -0.4 is 0 Å². The third-order valence-corrected chi connectivity index (χ3v) is 1.98. The molecule has 2 N–H and O–H groups in total. The van der Waals surface area contributed by atoms with Crippen LogP contribution in [0.4, 0.5) is 0 Å². The lowest BCUT2D eigenvalue weighted by atomic mass is 10.1. The molecule has 4 heteroatoms. The number of aromatic hydroxyl groups is 1. The number of hydrogen-bond donors (Lipinski definition) is 2. The summed E-state index contributed by atoms with van der Waals surface area (Å²) in [4.78, 5) is 10.5. The number of benzene rings is 1. The van der Waals surface area contributed by atoms with Gasteiger partial charge in [0.1, 0.15) is 5.75 Å². The van der Waals surface area contributed by atoms with E-state index >= 15 is 0 Å². The Morgan fingerprint density at radius 2 is 2.05 bits per heavy atom. The Kier molecular flexibility index (Phi) is 7.97. The molecule has 104 valence electrons.